The van der Waals surface area contributed by atoms with Gasteiger partial charge in [0.2, 0.25) is 5.95 Å². The molecule has 1 aliphatic carbocycles. The smallest absolute Gasteiger partial charge is 0.220 e. The lowest BCUT2D eigenvalue weighted by atomic mass is 10.0. The first-order chi connectivity index (χ1) is 10.7. The maximum Gasteiger partial charge on any atom is 0.220 e. The van der Waals surface area contributed by atoms with E-state index in [-0.39, 0.29) is 17.9 Å². The third-order valence-corrected chi connectivity index (χ3v) is 4.02. The van der Waals surface area contributed by atoms with Crippen LogP contribution in [0.3, 0.4) is 0 Å². The van der Waals surface area contributed by atoms with Crippen molar-refractivity contribution in [2.45, 2.75) is 18.4 Å². The largest absolute Gasteiger partial charge is 0.490 e. The fourth-order valence-electron chi connectivity index (χ4n) is 2.31. The molecule has 0 aliphatic heterocycles. The van der Waals surface area contributed by atoms with Gasteiger partial charge in [0.05, 0.1) is 23.4 Å². The minimum Gasteiger partial charge on any atom is -0.490 e. The lowest BCUT2D eigenvalue weighted by Crippen LogP contribution is -2.33. The van der Waals surface area contributed by atoms with Crippen LogP contribution in [-0.2, 0) is 0 Å². The van der Waals surface area contributed by atoms with Crippen LogP contribution < -0.4 is 10.1 Å². The molecule has 1 aromatic carbocycles. The van der Waals surface area contributed by atoms with Crippen LogP contribution in [0.15, 0.2) is 36.5 Å². The van der Waals surface area contributed by atoms with Gasteiger partial charge < -0.3 is 10.1 Å². The van der Waals surface area contributed by atoms with Gasteiger partial charge >= 0.3 is 0 Å². The number of hydrogen-bond acceptors (Lipinski definition) is 4. The predicted octanol–water partition coefficient (Wildman–Crippen LogP) is 3.31. The summed E-state index contributed by atoms with van der Waals surface area (Å²) < 4.78 is 19.7. The molecule has 6 heteroatoms. The number of hydrogen-bond donors (Lipinski definition) is 1. The van der Waals surface area contributed by atoms with Crippen LogP contribution in [0.1, 0.15) is 18.4 Å². The summed E-state index contributed by atoms with van der Waals surface area (Å²) in [5, 5.41) is 12.2. The minimum absolute atomic E-state index is 0. The summed E-state index contributed by atoms with van der Waals surface area (Å²) in [4.78, 5) is 3.76. The van der Waals surface area contributed by atoms with E-state index in [0.717, 1.165) is 12.8 Å². The molecule has 0 bridgehead atoms. The first-order valence-electron chi connectivity index (χ1n) is 7.14. The van der Waals surface area contributed by atoms with Crippen LogP contribution in [0, 0.1) is 17.3 Å². The molecule has 1 aliphatic rings. The van der Waals surface area contributed by atoms with Gasteiger partial charge in [-0.25, -0.2) is 4.98 Å². The summed E-state index contributed by atoms with van der Waals surface area (Å²) in [6.45, 7) is 0.536. The van der Waals surface area contributed by atoms with Crippen LogP contribution in [0.5, 0.6) is 5.75 Å². The van der Waals surface area contributed by atoms with Crippen LogP contribution in [0.25, 0.3) is 11.1 Å². The van der Waals surface area contributed by atoms with Gasteiger partial charge in [-0.15, -0.1) is 12.4 Å². The standard InChI is InChI=1S/C17H16FN3O.ClH/c1-20-17(5-6-17)11-22-14-8-15(16(18)21-10-14)13-4-2-3-12(7-13)9-19;/h2-4,7-8,10,20H,5-6,11H2,1H3;1H. The van der Waals surface area contributed by atoms with E-state index in [2.05, 4.69) is 10.3 Å². The van der Waals surface area contributed by atoms with E-state index in [1.54, 1.807) is 30.3 Å². The average Bonchev–Trinajstić information content (AvgIpc) is 3.35. The third-order valence-electron chi connectivity index (χ3n) is 4.02. The van der Waals surface area contributed by atoms with E-state index in [1.165, 1.54) is 6.20 Å². The fourth-order valence-corrected chi connectivity index (χ4v) is 2.31. The predicted molar refractivity (Wildman–Crippen MR) is 88.1 cm³/mol. The average molecular weight is 334 g/mol. The summed E-state index contributed by atoms with van der Waals surface area (Å²) in [5.74, 6) is -0.0440. The van der Waals surface area contributed by atoms with Crippen molar-refractivity contribution in [2.75, 3.05) is 13.7 Å². The minimum atomic E-state index is -0.572. The van der Waals surface area contributed by atoms with E-state index >= 15 is 0 Å². The number of likely N-dealkylation sites (N-methyl/N-ethyl adjacent to an activating group) is 1. The Bertz CT molecular complexity index is 741. The first kappa shape index (κ1) is 17.2. The molecule has 23 heavy (non-hydrogen) atoms. The van der Waals surface area contributed by atoms with Crippen molar-refractivity contribution >= 4 is 12.4 Å². The summed E-state index contributed by atoms with van der Waals surface area (Å²) in [5.41, 5.74) is 1.48. The Morgan fingerprint density at radius 2 is 2.17 bits per heavy atom. The van der Waals surface area contributed by atoms with Gasteiger partial charge in [-0.1, -0.05) is 12.1 Å². The number of nitrogens with zero attached hydrogens (tertiary/aromatic N) is 2. The Morgan fingerprint density at radius 1 is 1.39 bits per heavy atom. The quantitative estimate of drug-likeness (QED) is 0.853. The normalized spacial score (nSPS) is 14.5. The molecule has 1 N–H and O–H groups in total. The fraction of sp³-hybridized carbons (Fsp3) is 0.294. The maximum atomic E-state index is 14.0. The number of benzene rings is 1. The number of pyridine rings is 1. The Labute approximate surface area is 140 Å². The molecule has 0 saturated heterocycles. The molecular formula is C17H17ClFN3O. The molecule has 1 aromatic heterocycles. The van der Waals surface area contributed by atoms with E-state index in [0.29, 0.717) is 29.0 Å². The van der Waals surface area contributed by atoms with Crippen molar-refractivity contribution in [3.63, 3.8) is 0 Å². The van der Waals surface area contributed by atoms with E-state index in [4.69, 9.17) is 10.00 Å². The molecular weight excluding hydrogens is 317 g/mol. The number of rotatable bonds is 5. The number of halogens is 2. The van der Waals surface area contributed by atoms with Crippen molar-refractivity contribution in [1.29, 1.82) is 5.26 Å². The highest BCUT2D eigenvalue weighted by Crippen LogP contribution is 2.35. The molecule has 0 atom stereocenters. The van der Waals surface area contributed by atoms with Gasteiger partial charge in [0, 0.05) is 5.56 Å². The van der Waals surface area contributed by atoms with Gasteiger partial charge in [0.25, 0.3) is 0 Å². The number of ether oxygens (including phenoxy) is 1. The van der Waals surface area contributed by atoms with Crippen molar-refractivity contribution in [3.8, 4) is 22.9 Å². The van der Waals surface area contributed by atoms with Gasteiger partial charge in [-0.3, -0.25) is 0 Å². The lowest BCUT2D eigenvalue weighted by molar-refractivity contribution is 0.258. The highest BCUT2D eigenvalue weighted by Gasteiger charge is 2.41. The summed E-state index contributed by atoms with van der Waals surface area (Å²) >= 11 is 0. The zero-order valence-electron chi connectivity index (χ0n) is 12.7. The number of aromatic nitrogens is 1. The summed E-state index contributed by atoms with van der Waals surface area (Å²) in [7, 11) is 1.91. The van der Waals surface area contributed by atoms with Gasteiger partial charge in [0.1, 0.15) is 12.4 Å². The van der Waals surface area contributed by atoms with Crippen molar-refractivity contribution < 1.29 is 9.13 Å². The highest BCUT2D eigenvalue weighted by atomic mass is 35.5. The second kappa shape index (κ2) is 6.95. The van der Waals surface area contributed by atoms with Crippen LogP contribution in [0.2, 0.25) is 0 Å². The third kappa shape index (κ3) is 3.79. The molecule has 0 radical (unpaired) electrons. The van der Waals surface area contributed by atoms with Crippen molar-refractivity contribution in [3.05, 3.63) is 48.0 Å². The number of nitrogens with one attached hydrogen (secondary N) is 1. The summed E-state index contributed by atoms with van der Waals surface area (Å²) in [6.07, 6.45) is 3.54. The van der Waals surface area contributed by atoms with Gasteiger partial charge in [0.15, 0.2) is 0 Å². The van der Waals surface area contributed by atoms with Crippen LogP contribution >= 0.6 is 12.4 Å². The number of nitriles is 1. The molecule has 0 unspecified atom stereocenters. The first-order valence-corrected chi connectivity index (χ1v) is 7.14. The lowest BCUT2D eigenvalue weighted by Gasteiger charge is -2.15. The SMILES string of the molecule is CNC1(COc2cnc(F)c(-c3cccc(C#N)c3)c2)CC1.Cl. The van der Waals surface area contributed by atoms with Crippen LogP contribution in [-0.4, -0.2) is 24.2 Å². The monoisotopic (exact) mass is 333 g/mol. The van der Waals surface area contributed by atoms with E-state index < -0.39 is 5.95 Å². The molecule has 120 valence electrons. The molecule has 3 rings (SSSR count). The molecule has 1 saturated carbocycles. The second-order valence-electron chi connectivity index (χ2n) is 5.52. The molecule has 2 aromatic rings. The van der Waals surface area contributed by atoms with Gasteiger partial charge in [-0.2, -0.15) is 9.65 Å². The molecule has 1 heterocycles. The topological polar surface area (TPSA) is 57.9 Å². The Hall–Kier alpha value is -2.16. The molecule has 1 fully saturated rings. The van der Waals surface area contributed by atoms with E-state index in [9.17, 15) is 4.39 Å². The van der Waals surface area contributed by atoms with Crippen molar-refractivity contribution in [1.82, 2.24) is 10.3 Å². The Balaban J connectivity index is 0.00000192. The highest BCUT2D eigenvalue weighted by molar-refractivity contribution is 5.85. The molecule has 4 nitrogen and oxygen atoms in total. The Kier molecular flexibility index (Phi) is 5.19. The van der Waals surface area contributed by atoms with Crippen LogP contribution in [0.4, 0.5) is 4.39 Å². The van der Waals surface area contributed by atoms with E-state index in [1.807, 2.05) is 13.1 Å². The van der Waals surface area contributed by atoms with Gasteiger partial charge in [-0.05, 0) is 43.7 Å². The maximum absolute atomic E-state index is 14.0. The van der Waals surface area contributed by atoms with Crippen molar-refractivity contribution in [2.24, 2.45) is 0 Å². The Morgan fingerprint density at radius 3 is 2.83 bits per heavy atom. The molecule has 0 spiro atoms. The zero-order valence-corrected chi connectivity index (χ0v) is 13.5. The second-order valence-corrected chi connectivity index (χ2v) is 5.52. The zero-order chi connectivity index (χ0) is 15.6. The molecule has 0 amide bonds. The summed E-state index contributed by atoms with van der Waals surface area (Å²) in [6, 6.07) is 10.5.